The second-order valence-electron chi connectivity index (χ2n) is 5.92. The highest BCUT2D eigenvalue weighted by molar-refractivity contribution is 4.91. The Morgan fingerprint density at radius 3 is 2.59 bits per heavy atom. The molecule has 1 aliphatic heterocycles. The van der Waals surface area contributed by atoms with Crippen molar-refractivity contribution in [3.05, 3.63) is 0 Å². The number of methoxy groups -OCH3 is 1. The first kappa shape index (κ1) is 13.3. The van der Waals surface area contributed by atoms with Crippen LogP contribution in [0.15, 0.2) is 0 Å². The average molecular weight is 240 g/mol. The molecule has 0 spiro atoms. The first-order valence-electron chi connectivity index (χ1n) is 7.22. The lowest BCUT2D eigenvalue weighted by atomic mass is 9.86. The molecule has 0 aromatic carbocycles. The quantitative estimate of drug-likeness (QED) is 0.795. The lowest BCUT2D eigenvalue weighted by Gasteiger charge is -2.46. The molecule has 0 amide bonds. The molecule has 3 heteroatoms. The largest absolute Gasteiger partial charge is 0.381 e. The van der Waals surface area contributed by atoms with E-state index in [0.717, 1.165) is 6.04 Å². The van der Waals surface area contributed by atoms with Crippen LogP contribution in [0.5, 0.6) is 0 Å². The molecular formula is C14H28N2O. The molecule has 0 bridgehead atoms. The van der Waals surface area contributed by atoms with Gasteiger partial charge in [-0.25, -0.2) is 0 Å². The number of hydrogen-bond donors (Lipinski definition) is 1. The van der Waals surface area contributed by atoms with Crippen LogP contribution in [0.4, 0.5) is 0 Å². The molecular weight excluding hydrogens is 212 g/mol. The van der Waals surface area contributed by atoms with Gasteiger partial charge in [0.2, 0.25) is 0 Å². The lowest BCUT2D eigenvalue weighted by molar-refractivity contribution is -0.0400. The number of piperidine rings is 1. The zero-order chi connectivity index (χ0) is 12.3. The molecule has 17 heavy (non-hydrogen) atoms. The molecule has 1 atom stereocenters. The summed E-state index contributed by atoms with van der Waals surface area (Å²) in [6.45, 7) is 7.08. The molecule has 2 fully saturated rings. The van der Waals surface area contributed by atoms with Crippen LogP contribution in [0.2, 0.25) is 0 Å². The second-order valence-corrected chi connectivity index (χ2v) is 5.92. The maximum atomic E-state index is 5.39. The van der Waals surface area contributed by atoms with Gasteiger partial charge in [0.05, 0.1) is 6.10 Å². The summed E-state index contributed by atoms with van der Waals surface area (Å²) in [5, 5.41) is 3.66. The van der Waals surface area contributed by atoms with Crippen molar-refractivity contribution in [1.82, 2.24) is 10.2 Å². The van der Waals surface area contributed by atoms with Crippen molar-refractivity contribution in [2.45, 2.75) is 70.2 Å². The Kier molecular flexibility index (Phi) is 4.83. The maximum Gasteiger partial charge on any atom is 0.0601 e. The van der Waals surface area contributed by atoms with E-state index >= 15 is 0 Å². The minimum Gasteiger partial charge on any atom is -0.381 e. The monoisotopic (exact) mass is 240 g/mol. The van der Waals surface area contributed by atoms with Crippen LogP contribution in [0.25, 0.3) is 0 Å². The van der Waals surface area contributed by atoms with Crippen LogP contribution in [0.3, 0.4) is 0 Å². The lowest BCUT2D eigenvalue weighted by Crippen LogP contribution is -2.55. The Balaban J connectivity index is 1.80. The van der Waals surface area contributed by atoms with Gasteiger partial charge in [-0.2, -0.15) is 0 Å². The highest BCUT2D eigenvalue weighted by Gasteiger charge is 2.35. The normalized spacial score (nSPS) is 34.1. The molecule has 1 unspecified atom stereocenters. The van der Waals surface area contributed by atoms with Gasteiger partial charge in [0.1, 0.15) is 0 Å². The van der Waals surface area contributed by atoms with Crippen LogP contribution in [-0.2, 0) is 4.74 Å². The zero-order valence-electron chi connectivity index (χ0n) is 11.6. The summed E-state index contributed by atoms with van der Waals surface area (Å²) in [5.41, 5.74) is 0. The molecule has 3 nitrogen and oxygen atoms in total. The first-order chi connectivity index (χ1) is 8.20. The fraction of sp³-hybridized carbons (Fsp3) is 1.00. The minimum absolute atomic E-state index is 0.514. The van der Waals surface area contributed by atoms with Gasteiger partial charge < -0.3 is 10.1 Å². The fourth-order valence-corrected chi connectivity index (χ4v) is 3.12. The number of rotatable bonds is 5. The van der Waals surface area contributed by atoms with Crippen molar-refractivity contribution in [3.8, 4) is 0 Å². The molecule has 1 saturated carbocycles. The molecule has 1 heterocycles. The van der Waals surface area contributed by atoms with E-state index in [-0.39, 0.29) is 0 Å². The molecule has 0 aromatic rings. The van der Waals surface area contributed by atoms with E-state index in [1.54, 1.807) is 0 Å². The van der Waals surface area contributed by atoms with Gasteiger partial charge in [-0.3, -0.25) is 4.90 Å². The summed E-state index contributed by atoms with van der Waals surface area (Å²) in [4.78, 5) is 2.68. The Labute approximate surface area is 106 Å². The Morgan fingerprint density at radius 2 is 2.06 bits per heavy atom. The molecule has 2 rings (SSSR count). The molecule has 1 aliphatic carbocycles. The summed E-state index contributed by atoms with van der Waals surface area (Å²) in [7, 11) is 1.84. The molecule has 1 saturated heterocycles. The van der Waals surface area contributed by atoms with E-state index in [0.29, 0.717) is 18.2 Å². The third kappa shape index (κ3) is 3.43. The zero-order valence-corrected chi connectivity index (χ0v) is 11.6. The van der Waals surface area contributed by atoms with Crippen LogP contribution < -0.4 is 5.32 Å². The minimum atomic E-state index is 0.514. The van der Waals surface area contributed by atoms with Gasteiger partial charge in [0.25, 0.3) is 0 Å². The topological polar surface area (TPSA) is 24.5 Å². The molecule has 100 valence electrons. The van der Waals surface area contributed by atoms with Crippen molar-refractivity contribution < 1.29 is 4.74 Å². The van der Waals surface area contributed by atoms with Crippen molar-refractivity contribution in [3.63, 3.8) is 0 Å². The van der Waals surface area contributed by atoms with Crippen molar-refractivity contribution >= 4 is 0 Å². The summed E-state index contributed by atoms with van der Waals surface area (Å²) in [6.07, 6.45) is 7.06. The average Bonchev–Trinajstić information content (AvgIpc) is 2.27. The molecule has 0 radical (unpaired) electrons. The maximum absolute atomic E-state index is 5.39. The van der Waals surface area contributed by atoms with Crippen LogP contribution in [0, 0.1) is 0 Å². The fourth-order valence-electron chi connectivity index (χ4n) is 3.12. The van der Waals surface area contributed by atoms with Crippen LogP contribution in [-0.4, -0.2) is 49.3 Å². The van der Waals surface area contributed by atoms with E-state index < -0.39 is 0 Å². The van der Waals surface area contributed by atoms with Crippen LogP contribution >= 0.6 is 0 Å². The van der Waals surface area contributed by atoms with E-state index in [4.69, 9.17) is 4.74 Å². The van der Waals surface area contributed by atoms with Crippen molar-refractivity contribution in [2.24, 2.45) is 0 Å². The number of ether oxygens (including phenoxy) is 1. The summed E-state index contributed by atoms with van der Waals surface area (Å²) in [6, 6.07) is 2.12. The third-order valence-corrected chi connectivity index (χ3v) is 4.38. The highest BCUT2D eigenvalue weighted by atomic mass is 16.5. The van der Waals surface area contributed by atoms with Crippen LogP contribution in [0.1, 0.15) is 46.0 Å². The summed E-state index contributed by atoms with van der Waals surface area (Å²) in [5.74, 6) is 0. The van der Waals surface area contributed by atoms with Gasteiger partial charge in [0, 0.05) is 31.8 Å². The number of hydrogen-bond acceptors (Lipinski definition) is 3. The molecule has 2 aliphatic rings. The Hall–Kier alpha value is -0.120. The Morgan fingerprint density at radius 1 is 1.29 bits per heavy atom. The predicted octanol–water partition coefficient (Wildman–Crippen LogP) is 2.02. The Bertz CT molecular complexity index is 220. The van der Waals surface area contributed by atoms with Gasteiger partial charge in [0.15, 0.2) is 0 Å². The number of nitrogens with one attached hydrogen (secondary N) is 1. The van der Waals surface area contributed by atoms with E-state index in [1.165, 1.54) is 45.2 Å². The summed E-state index contributed by atoms with van der Waals surface area (Å²) >= 11 is 0. The SMILES string of the molecule is COC1CC(N(CC2CCCCN2)C(C)C)C1. The smallest absolute Gasteiger partial charge is 0.0601 e. The number of nitrogens with zero attached hydrogens (tertiary/aromatic N) is 1. The molecule has 0 aromatic heterocycles. The van der Waals surface area contributed by atoms with E-state index in [9.17, 15) is 0 Å². The first-order valence-corrected chi connectivity index (χ1v) is 7.22. The van der Waals surface area contributed by atoms with E-state index in [2.05, 4.69) is 24.1 Å². The van der Waals surface area contributed by atoms with Gasteiger partial charge in [-0.05, 0) is 46.1 Å². The highest BCUT2D eigenvalue weighted by Crippen LogP contribution is 2.29. The third-order valence-electron chi connectivity index (χ3n) is 4.38. The second kappa shape index (κ2) is 6.17. The summed E-state index contributed by atoms with van der Waals surface area (Å²) < 4.78 is 5.39. The van der Waals surface area contributed by atoms with Gasteiger partial charge in [-0.1, -0.05) is 6.42 Å². The van der Waals surface area contributed by atoms with Gasteiger partial charge in [-0.15, -0.1) is 0 Å². The standard InChI is InChI=1S/C14H28N2O/c1-11(2)16(13-8-14(9-13)17-3)10-12-6-4-5-7-15-12/h11-15H,4-10H2,1-3H3. The van der Waals surface area contributed by atoms with Crippen molar-refractivity contribution in [1.29, 1.82) is 0 Å². The van der Waals surface area contributed by atoms with Crippen molar-refractivity contribution in [2.75, 3.05) is 20.2 Å². The van der Waals surface area contributed by atoms with Gasteiger partial charge >= 0.3 is 0 Å². The van der Waals surface area contributed by atoms with E-state index in [1.807, 2.05) is 7.11 Å². The predicted molar refractivity (Wildman–Crippen MR) is 71.3 cm³/mol. The molecule has 1 N–H and O–H groups in total.